The number of amidine groups is 1. The summed E-state index contributed by atoms with van der Waals surface area (Å²) >= 11 is 0. The second kappa shape index (κ2) is 13.2. The lowest BCUT2D eigenvalue weighted by molar-refractivity contribution is -0.143. The second-order valence-electron chi connectivity index (χ2n) is 9.59. The van der Waals surface area contributed by atoms with Crippen LogP contribution in [0.5, 0.6) is 0 Å². The highest BCUT2D eigenvalue weighted by Crippen LogP contribution is 2.30. The molecule has 0 heterocycles. The number of anilines is 1. The molecule has 212 valence electrons. The molecule has 0 saturated heterocycles. The lowest BCUT2D eigenvalue weighted by Crippen LogP contribution is -2.41. The van der Waals surface area contributed by atoms with Crippen LogP contribution in [0.4, 0.5) is 10.1 Å². The van der Waals surface area contributed by atoms with Crippen molar-refractivity contribution >= 4 is 33.2 Å². The van der Waals surface area contributed by atoms with Crippen molar-refractivity contribution in [2.75, 3.05) is 24.7 Å². The largest absolute Gasteiger partial charge is 0.394 e. The Morgan fingerprint density at radius 3 is 2.45 bits per heavy atom. The van der Waals surface area contributed by atoms with Crippen LogP contribution in [0.25, 0.3) is 11.1 Å². The molecule has 2 amide bonds. The normalized spacial score (nSPS) is 11.8. The third-order valence-electron chi connectivity index (χ3n) is 5.77. The number of rotatable bonds is 10. The van der Waals surface area contributed by atoms with Gasteiger partial charge in [-0.25, -0.2) is 12.8 Å². The van der Waals surface area contributed by atoms with E-state index >= 15 is 4.39 Å². The Balaban J connectivity index is 1.81. The molecular weight excluding hydrogens is 535 g/mol. The van der Waals surface area contributed by atoms with Crippen molar-refractivity contribution < 1.29 is 27.2 Å². The Hall–Kier alpha value is -4.25. The summed E-state index contributed by atoms with van der Waals surface area (Å²) in [7, 11) is -3.55. The van der Waals surface area contributed by atoms with E-state index in [0.29, 0.717) is 28.9 Å². The number of nitrogens with two attached hydrogens (primary N) is 1. The fourth-order valence-electron chi connectivity index (χ4n) is 4.03. The van der Waals surface area contributed by atoms with E-state index in [2.05, 4.69) is 10.5 Å². The molecule has 3 aromatic rings. The Labute approximate surface area is 233 Å². The lowest BCUT2D eigenvalue weighted by atomic mass is 10.0. The lowest BCUT2D eigenvalue weighted by Gasteiger charge is -2.24. The Kier molecular flexibility index (Phi) is 10.0. The molecule has 0 atom stereocenters. The quantitative estimate of drug-likeness (QED) is 0.163. The molecule has 0 aliphatic carbocycles. The summed E-state index contributed by atoms with van der Waals surface area (Å²) in [6.45, 7) is 6.37. The van der Waals surface area contributed by atoms with E-state index in [9.17, 15) is 18.0 Å². The van der Waals surface area contributed by atoms with Gasteiger partial charge in [-0.05, 0) is 48.2 Å². The highest BCUT2D eigenvalue weighted by Gasteiger charge is 2.24. The van der Waals surface area contributed by atoms with Crippen molar-refractivity contribution in [3.05, 3.63) is 83.7 Å². The number of halogens is 1. The Bertz CT molecular complexity index is 1520. The fourth-order valence-corrected chi connectivity index (χ4v) is 4.94. The first-order chi connectivity index (χ1) is 18.9. The van der Waals surface area contributed by atoms with Gasteiger partial charge in [0.2, 0.25) is 0 Å². The van der Waals surface area contributed by atoms with Gasteiger partial charge in [0.05, 0.1) is 10.6 Å². The minimum Gasteiger partial charge on any atom is -0.394 e. The molecule has 0 aliphatic heterocycles. The maximum absolute atomic E-state index is 15.0. The third kappa shape index (κ3) is 7.89. The average Bonchev–Trinajstić information content (AvgIpc) is 2.91. The number of hydrogen-bond acceptors (Lipinski definition) is 6. The van der Waals surface area contributed by atoms with Crippen LogP contribution < -0.4 is 11.1 Å². The summed E-state index contributed by atoms with van der Waals surface area (Å²) in [6.07, 6.45) is 1.07. The van der Waals surface area contributed by atoms with Gasteiger partial charge in [0, 0.05) is 30.5 Å². The highest BCUT2D eigenvalue weighted by molar-refractivity contribution is 7.90. The first kappa shape index (κ1) is 30.3. The van der Waals surface area contributed by atoms with Gasteiger partial charge < -0.3 is 20.8 Å². The Morgan fingerprint density at radius 1 is 1.07 bits per heavy atom. The zero-order chi connectivity index (χ0) is 29.4. The number of nitrogens with one attached hydrogen (secondary N) is 1. The molecule has 40 heavy (non-hydrogen) atoms. The molecule has 11 heteroatoms. The van der Waals surface area contributed by atoms with Gasteiger partial charge in [-0.2, -0.15) is 0 Å². The van der Waals surface area contributed by atoms with Crippen molar-refractivity contribution in [3.8, 4) is 11.1 Å². The van der Waals surface area contributed by atoms with Crippen LogP contribution in [-0.4, -0.2) is 50.4 Å². The van der Waals surface area contributed by atoms with Crippen molar-refractivity contribution in [1.82, 2.24) is 4.90 Å². The average molecular weight is 569 g/mol. The maximum atomic E-state index is 15.0. The molecule has 3 rings (SSSR count). The smallest absolute Gasteiger partial charge is 0.313 e. The molecule has 0 aromatic heterocycles. The van der Waals surface area contributed by atoms with E-state index in [1.165, 1.54) is 23.1 Å². The van der Waals surface area contributed by atoms with Gasteiger partial charge in [-0.15, -0.1) is 0 Å². The topological polar surface area (TPSA) is 131 Å². The fraction of sp³-hybridized carbons (Fsp3) is 0.276. The minimum absolute atomic E-state index is 0.0513. The number of amides is 2. The van der Waals surface area contributed by atoms with Crippen molar-refractivity contribution in [3.63, 3.8) is 0 Å². The second-order valence-corrected chi connectivity index (χ2v) is 11.6. The highest BCUT2D eigenvalue weighted by atomic mass is 32.2. The van der Waals surface area contributed by atoms with Gasteiger partial charge in [0.1, 0.15) is 12.4 Å². The first-order valence-electron chi connectivity index (χ1n) is 12.6. The van der Waals surface area contributed by atoms with Crippen LogP contribution in [-0.2, 0) is 30.8 Å². The van der Waals surface area contributed by atoms with E-state index in [4.69, 9.17) is 10.6 Å². The summed E-state index contributed by atoms with van der Waals surface area (Å²) in [5.41, 5.74) is 7.72. The van der Waals surface area contributed by atoms with Crippen LogP contribution in [0, 0.1) is 11.7 Å². The van der Waals surface area contributed by atoms with Crippen LogP contribution in [0.2, 0.25) is 0 Å². The molecule has 0 spiro atoms. The van der Waals surface area contributed by atoms with Crippen LogP contribution in [0.3, 0.4) is 0 Å². The SMILES string of the molecule is CCON=C(N)c1cccc(CN(CC(C)C)C(=O)C(=O)Nc2ccc(-c3ccccc3S(C)(=O)=O)cc2F)c1. The van der Waals surface area contributed by atoms with Gasteiger partial charge in [-0.1, -0.05) is 61.5 Å². The molecule has 3 aromatic carbocycles. The van der Waals surface area contributed by atoms with Gasteiger partial charge in [-0.3, -0.25) is 9.59 Å². The molecule has 0 saturated carbocycles. The van der Waals surface area contributed by atoms with E-state index < -0.39 is 27.5 Å². The summed E-state index contributed by atoms with van der Waals surface area (Å²) in [4.78, 5) is 32.5. The van der Waals surface area contributed by atoms with Gasteiger partial charge in [0.15, 0.2) is 15.7 Å². The molecule has 0 radical (unpaired) electrons. The Morgan fingerprint density at radius 2 is 1.80 bits per heavy atom. The van der Waals surface area contributed by atoms with E-state index in [-0.39, 0.29) is 35.4 Å². The van der Waals surface area contributed by atoms with Crippen LogP contribution in [0.1, 0.15) is 31.9 Å². The molecule has 0 fully saturated rings. The standard InChI is InChI=1S/C29H33FN4O5S/c1-5-39-33-27(31)22-10-8-9-20(15-22)18-34(17-19(2)3)29(36)28(35)32-25-14-13-21(16-24(25)30)23-11-6-7-12-26(23)40(4,37)38/h6-16,19H,5,17-18H2,1-4H3,(H2,31,33)(H,32,35). The first-order valence-corrected chi connectivity index (χ1v) is 14.5. The zero-order valence-corrected chi connectivity index (χ0v) is 23.7. The summed E-state index contributed by atoms with van der Waals surface area (Å²) in [5.74, 6) is -2.41. The molecule has 0 bridgehead atoms. The molecular formula is C29H33FN4O5S. The van der Waals surface area contributed by atoms with E-state index in [1.54, 1.807) is 49.4 Å². The van der Waals surface area contributed by atoms with E-state index in [1.807, 2.05) is 13.8 Å². The van der Waals surface area contributed by atoms with Crippen molar-refractivity contribution in [1.29, 1.82) is 0 Å². The van der Waals surface area contributed by atoms with Gasteiger partial charge >= 0.3 is 11.8 Å². The summed E-state index contributed by atoms with van der Waals surface area (Å²) < 4.78 is 39.3. The molecule has 0 aliphatic rings. The number of carbonyl (C=O) groups excluding carboxylic acids is 2. The predicted octanol–water partition coefficient (Wildman–Crippen LogP) is 4.18. The molecule has 3 N–H and O–H groups in total. The number of nitrogens with zero attached hydrogens (tertiary/aromatic N) is 2. The minimum atomic E-state index is -3.55. The number of benzene rings is 3. The monoisotopic (exact) mass is 568 g/mol. The third-order valence-corrected chi connectivity index (χ3v) is 6.92. The van der Waals surface area contributed by atoms with Gasteiger partial charge in [0.25, 0.3) is 0 Å². The van der Waals surface area contributed by atoms with Crippen molar-refractivity contribution in [2.45, 2.75) is 32.2 Å². The molecule has 0 unspecified atom stereocenters. The summed E-state index contributed by atoms with van der Waals surface area (Å²) in [6, 6.07) is 17.2. The molecule has 9 nitrogen and oxygen atoms in total. The number of hydrogen-bond donors (Lipinski definition) is 2. The zero-order valence-electron chi connectivity index (χ0n) is 22.8. The maximum Gasteiger partial charge on any atom is 0.313 e. The van der Waals surface area contributed by atoms with Crippen LogP contribution in [0.15, 0.2) is 76.8 Å². The summed E-state index contributed by atoms with van der Waals surface area (Å²) in [5, 5.41) is 6.17. The number of carbonyl (C=O) groups is 2. The number of oxime groups is 1. The predicted molar refractivity (Wildman–Crippen MR) is 153 cm³/mol. The van der Waals surface area contributed by atoms with Crippen molar-refractivity contribution in [2.24, 2.45) is 16.8 Å². The van der Waals surface area contributed by atoms with E-state index in [0.717, 1.165) is 12.3 Å². The number of sulfone groups is 1. The van der Waals surface area contributed by atoms with Crippen LogP contribution >= 0.6 is 0 Å².